The molecule has 2 N–H and O–H groups in total. The minimum Gasteiger partial charge on any atom is -0.482 e. The van der Waals surface area contributed by atoms with Crippen LogP contribution >= 0.6 is 0 Å². The van der Waals surface area contributed by atoms with E-state index in [0.717, 1.165) is 24.8 Å². The van der Waals surface area contributed by atoms with E-state index >= 15 is 0 Å². The second kappa shape index (κ2) is 8.53. The fourth-order valence-electron chi connectivity index (χ4n) is 1.56. The predicted molar refractivity (Wildman–Crippen MR) is 75.0 cm³/mol. The number of hydrogen-bond acceptors (Lipinski definition) is 4. The van der Waals surface area contributed by atoms with Crippen LogP contribution in [-0.4, -0.2) is 19.2 Å². The Labute approximate surface area is 114 Å². The van der Waals surface area contributed by atoms with Crippen LogP contribution in [0, 0.1) is 0 Å². The first-order valence-electron chi connectivity index (χ1n) is 6.81. The zero-order valence-electron chi connectivity index (χ0n) is 11.7. The van der Waals surface area contributed by atoms with Gasteiger partial charge in [-0.25, -0.2) is 4.79 Å². The van der Waals surface area contributed by atoms with E-state index < -0.39 is 0 Å². The van der Waals surface area contributed by atoms with Crippen LogP contribution in [0.3, 0.4) is 0 Å². The molecule has 0 amide bonds. The number of nitrogens with two attached hydrogens (primary N) is 1. The Hall–Kier alpha value is -1.55. The third kappa shape index (κ3) is 5.75. The van der Waals surface area contributed by atoms with E-state index in [9.17, 15) is 4.79 Å². The lowest BCUT2D eigenvalue weighted by Gasteiger charge is -2.10. The number of ether oxygens (including phenoxy) is 2. The summed E-state index contributed by atoms with van der Waals surface area (Å²) in [5.74, 6) is 0.322. The van der Waals surface area contributed by atoms with Gasteiger partial charge < -0.3 is 15.2 Å². The highest BCUT2D eigenvalue weighted by Gasteiger charge is 2.06. The lowest BCUT2D eigenvalue weighted by atomic mass is 10.1. The predicted octanol–water partition coefficient (Wildman–Crippen LogP) is 2.82. The van der Waals surface area contributed by atoms with E-state index in [1.807, 2.05) is 38.1 Å². The number of carbonyl (C=O) groups excluding carboxylic acids is 1. The van der Waals surface area contributed by atoms with Crippen molar-refractivity contribution in [2.45, 2.75) is 39.2 Å². The number of rotatable bonds is 8. The van der Waals surface area contributed by atoms with Gasteiger partial charge in [0.2, 0.25) is 0 Å². The first kappa shape index (κ1) is 15.5. The summed E-state index contributed by atoms with van der Waals surface area (Å²) in [7, 11) is 0. The highest BCUT2D eigenvalue weighted by molar-refractivity contribution is 5.71. The maximum absolute atomic E-state index is 11.3. The summed E-state index contributed by atoms with van der Waals surface area (Å²) in [6.45, 7) is 4.50. The molecule has 4 heteroatoms. The maximum Gasteiger partial charge on any atom is 0.344 e. The second-order valence-corrected chi connectivity index (χ2v) is 4.45. The number of hydrogen-bond donors (Lipinski definition) is 1. The molecule has 1 rings (SSSR count). The molecule has 0 aliphatic heterocycles. The van der Waals surface area contributed by atoms with E-state index in [-0.39, 0.29) is 18.6 Å². The third-order valence-corrected chi connectivity index (χ3v) is 2.87. The lowest BCUT2D eigenvalue weighted by molar-refractivity contribution is -0.146. The summed E-state index contributed by atoms with van der Waals surface area (Å²) in [5, 5.41) is 0. The molecule has 0 aromatic heterocycles. The number of unbranched alkanes of at least 4 members (excludes halogenated alkanes) is 1. The molecule has 0 saturated carbocycles. The van der Waals surface area contributed by atoms with Gasteiger partial charge in [-0.2, -0.15) is 0 Å². The van der Waals surface area contributed by atoms with Crippen molar-refractivity contribution in [2.24, 2.45) is 5.73 Å². The summed E-state index contributed by atoms with van der Waals surface area (Å²) >= 11 is 0. The molecule has 0 saturated heterocycles. The third-order valence-electron chi connectivity index (χ3n) is 2.87. The van der Waals surface area contributed by atoms with Crippen molar-refractivity contribution < 1.29 is 14.3 Å². The van der Waals surface area contributed by atoms with Gasteiger partial charge in [0.25, 0.3) is 0 Å². The van der Waals surface area contributed by atoms with Crippen molar-refractivity contribution in [3.63, 3.8) is 0 Å². The van der Waals surface area contributed by atoms with E-state index in [0.29, 0.717) is 12.4 Å². The van der Waals surface area contributed by atoms with E-state index in [1.165, 1.54) is 0 Å². The van der Waals surface area contributed by atoms with Crippen LogP contribution in [0.4, 0.5) is 0 Å². The zero-order chi connectivity index (χ0) is 14.1. The minimum absolute atomic E-state index is 0.0491. The second-order valence-electron chi connectivity index (χ2n) is 4.45. The topological polar surface area (TPSA) is 61.5 Å². The van der Waals surface area contributed by atoms with Crippen molar-refractivity contribution in [2.75, 3.05) is 13.2 Å². The van der Waals surface area contributed by atoms with Crippen LogP contribution in [0.1, 0.15) is 44.7 Å². The zero-order valence-corrected chi connectivity index (χ0v) is 11.7. The summed E-state index contributed by atoms with van der Waals surface area (Å²) in [4.78, 5) is 11.3. The molecule has 0 radical (unpaired) electrons. The summed E-state index contributed by atoms with van der Waals surface area (Å²) in [6, 6.07) is 7.54. The average Bonchev–Trinajstić information content (AvgIpc) is 2.45. The van der Waals surface area contributed by atoms with Gasteiger partial charge in [-0.1, -0.05) is 32.4 Å². The van der Waals surface area contributed by atoms with Gasteiger partial charge in [-0.15, -0.1) is 0 Å². The Morgan fingerprint density at radius 1 is 1.26 bits per heavy atom. The fraction of sp³-hybridized carbons (Fsp3) is 0.533. The number of benzene rings is 1. The molecule has 1 atom stereocenters. The van der Waals surface area contributed by atoms with Gasteiger partial charge in [0.15, 0.2) is 6.61 Å². The molecular formula is C15H23NO3. The molecular weight excluding hydrogens is 242 g/mol. The SMILES string of the molecule is CCCCOC(=O)COc1ccc([C@@H](N)CC)cc1. The van der Waals surface area contributed by atoms with Crippen molar-refractivity contribution in [1.29, 1.82) is 0 Å². The molecule has 0 aliphatic rings. The van der Waals surface area contributed by atoms with E-state index in [4.69, 9.17) is 15.2 Å². The number of esters is 1. The molecule has 0 aliphatic carbocycles. The highest BCUT2D eigenvalue weighted by Crippen LogP contribution is 2.18. The van der Waals surface area contributed by atoms with Gasteiger partial charge in [0.1, 0.15) is 5.75 Å². The quantitative estimate of drug-likeness (QED) is 0.580. The normalized spacial score (nSPS) is 11.9. The average molecular weight is 265 g/mol. The maximum atomic E-state index is 11.3. The standard InChI is InChI=1S/C15H23NO3/c1-3-5-10-18-15(17)11-19-13-8-6-12(7-9-13)14(16)4-2/h6-9,14H,3-5,10-11,16H2,1-2H3/t14-/m0/s1. The highest BCUT2D eigenvalue weighted by atomic mass is 16.6. The minimum atomic E-state index is -0.331. The van der Waals surface area contributed by atoms with Gasteiger partial charge in [0.05, 0.1) is 6.61 Å². The molecule has 106 valence electrons. The van der Waals surface area contributed by atoms with Crippen LogP contribution in [-0.2, 0) is 9.53 Å². The Bertz CT molecular complexity index is 375. The number of carbonyl (C=O) groups is 1. The molecule has 0 heterocycles. The summed E-state index contributed by atoms with van der Waals surface area (Å²) < 4.78 is 10.4. The van der Waals surface area contributed by atoms with Crippen molar-refractivity contribution in [3.8, 4) is 5.75 Å². The van der Waals surface area contributed by atoms with Crippen LogP contribution in [0.2, 0.25) is 0 Å². The Balaban J connectivity index is 2.35. The monoisotopic (exact) mass is 265 g/mol. The Morgan fingerprint density at radius 3 is 2.53 bits per heavy atom. The smallest absolute Gasteiger partial charge is 0.344 e. The molecule has 0 spiro atoms. The fourth-order valence-corrected chi connectivity index (χ4v) is 1.56. The van der Waals surface area contributed by atoms with Crippen LogP contribution in [0.25, 0.3) is 0 Å². The van der Waals surface area contributed by atoms with Crippen LogP contribution in [0.5, 0.6) is 5.75 Å². The molecule has 0 bridgehead atoms. The Kier molecular flexibility index (Phi) is 6.97. The Morgan fingerprint density at radius 2 is 1.95 bits per heavy atom. The summed E-state index contributed by atoms with van der Waals surface area (Å²) in [6.07, 6.45) is 2.78. The largest absolute Gasteiger partial charge is 0.482 e. The van der Waals surface area contributed by atoms with Crippen LogP contribution in [0.15, 0.2) is 24.3 Å². The van der Waals surface area contributed by atoms with Gasteiger partial charge in [0, 0.05) is 6.04 Å². The lowest BCUT2D eigenvalue weighted by Crippen LogP contribution is -2.15. The molecule has 19 heavy (non-hydrogen) atoms. The first-order valence-corrected chi connectivity index (χ1v) is 6.81. The van der Waals surface area contributed by atoms with Crippen LogP contribution < -0.4 is 10.5 Å². The molecule has 1 aromatic rings. The van der Waals surface area contributed by atoms with E-state index in [2.05, 4.69) is 0 Å². The molecule has 4 nitrogen and oxygen atoms in total. The first-order chi connectivity index (χ1) is 9.17. The van der Waals surface area contributed by atoms with Crippen molar-refractivity contribution >= 4 is 5.97 Å². The molecule has 1 aromatic carbocycles. The molecule has 0 fully saturated rings. The van der Waals surface area contributed by atoms with Gasteiger partial charge in [-0.05, 0) is 30.5 Å². The van der Waals surface area contributed by atoms with Crippen molar-refractivity contribution in [3.05, 3.63) is 29.8 Å². The summed E-state index contributed by atoms with van der Waals surface area (Å²) in [5.41, 5.74) is 6.99. The van der Waals surface area contributed by atoms with Gasteiger partial charge >= 0.3 is 5.97 Å². The van der Waals surface area contributed by atoms with Crippen molar-refractivity contribution in [1.82, 2.24) is 0 Å². The van der Waals surface area contributed by atoms with E-state index in [1.54, 1.807) is 0 Å². The van der Waals surface area contributed by atoms with Gasteiger partial charge in [-0.3, -0.25) is 0 Å². The molecule has 0 unspecified atom stereocenters.